The van der Waals surface area contributed by atoms with Crippen molar-refractivity contribution in [2.45, 2.75) is 53.4 Å². The number of nitrogens with zero attached hydrogens (tertiary/aromatic N) is 2. The zero-order valence-corrected chi connectivity index (χ0v) is 23.2. The molecule has 0 unspecified atom stereocenters. The number of fused-ring (bicyclic) bond motifs is 8. The summed E-state index contributed by atoms with van der Waals surface area (Å²) in [5.74, 6) is -1.75. The monoisotopic (exact) mass is 568 g/mol. The molecule has 4 N–H and O–H groups in total. The van der Waals surface area contributed by atoms with E-state index in [4.69, 9.17) is 9.97 Å². The van der Waals surface area contributed by atoms with E-state index >= 15 is 0 Å². The third-order valence-electron chi connectivity index (χ3n) is 7.25. The van der Waals surface area contributed by atoms with Gasteiger partial charge in [-0.3, -0.25) is 9.59 Å². The zero-order chi connectivity index (χ0) is 27.1. The average molecular weight is 569 g/mol. The molecule has 0 saturated heterocycles. The van der Waals surface area contributed by atoms with Crippen LogP contribution in [0.25, 0.3) is 44.4 Å². The van der Waals surface area contributed by atoms with Crippen LogP contribution in [-0.4, -0.2) is 42.1 Å². The topological polar surface area (TPSA) is 132 Å². The van der Waals surface area contributed by atoms with Gasteiger partial charge in [0.05, 0.1) is 22.8 Å². The Hall–Kier alpha value is -3.97. The molecule has 39 heavy (non-hydrogen) atoms. The summed E-state index contributed by atoms with van der Waals surface area (Å²) >= 11 is 0. The minimum absolute atomic E-state index is 0. The number of carbonyl (C=O) groups is 2. The Morgan fingerprint density at radius 3 is 1.56 bits per heavy atom. The molecule has 2 aliphatic heterocycles. The smallest absolute Gasteiger partial charge is 0.303 e. The van der Waals surface area contributed by atoms with E-state index in [0.717, 1.165) is 66.9 Å². The molecule has 0 amide bonds. The van der Waals surface area contributed by atoms with Gasteiger partial charge in [0.15, 0.2) is 0 Å². The second kappa shape index (κ2) is 11.0. The van der Waals surface area contributed by atoms with Gasteiger partial charge in [0, 0.05) is 51.4 Å². The first-order valence-electron chi connectivity index (χ1n) is 12.6. The van der Waals surface area contributed by atoms with Crippen molar-refractivity contribution in [1.29, 1.82) is 0 Å². The third-order valence-corrected chi connectivity index (χ3v) is 7.25. The molecule has 0 aliphatic carbocycles. The Morgan fingerprint density at radius 2 is 1.08 bits per heavy atom. The summed E-state index contributed by atoms with van der Waals surface area (Å²) in [4.78, 5) is 39.6. The Kier molecular flexibility index (Phi) is 7.93. The molecule has 5 rings (SSSR count). The SMILES string of the molecule is CC1=C(CCC(=O)O)c2cc3nc(cc4[nH]c(cc4C)cc4[nH]c(cc1n2)cc4C)C(C)=C3CCC(=O)O.[Ni]. The van der Waals surface area contributed by atoms with E-state index in [1.54, 1.807) is 0 Å². The molecule has 5 heterocycles. The van der Waals surface area contributed by atoms with Gasteiger partial charge in [-0.2, -0.15) is 0 Å². The maximum absolute atomic E-state index is 11.4. The predicted octanol–water partition coefficient (Wildman–Crippen LogP) is 6.52. The van der Waals surface area contributed by atoms with Crippen molar-refractivity contribution in [3.8, 4) is 0 Å². The molecule has 0 spiro atoms. The van der Waals surface area contributed by atoms with Gasteiger partial charge in [-0.05, 0) is 110 Å². The summed E-state index contributed by atoms with van der Waals surface area (Å²) in [6, 6.07) is 12.1. The molecular formula is C30H30N4NiO4. The summed E-state index contributed by atoms with van der Waals surface area (Å²) in [5.41, 5.74) is 12.4. The first-order valence-corrected chi connectivity index (χ1v) is 12.6. The van der Waals surface area contributed by atoms with E-state index in [9.17, 15) is 19.8 Å². The van der Waals surface area contributed by atoms with Gasteiger partial charge in [0.25, 0.3) is 0 Å². The number of carboxylic acids is 2. The first-order chi connectivity index (χ1) is 18.1. The van der Waals surface area contributed by atoms with Crippen LogP contribution < -0.4 is 0 Å². The molecule has 0 saturated carbocycles. The number of hydrogen-bond acceptors (Lipinski definition) is 4. The summed E-state index contributed by atoms with van der Waals surface area (Å²) in [7, 11) is 0. The fraction of sp³-hybridized carbons (Fsp3) is 0.267. The van der Waals surface area contributed by atoms with Gasteiger partial charge in [0.1, 0.15) is 0 Å². The molecule has 0 fully saturated rings. The molecule has 0 atom stereocenters. The van der Waals surface area contributed by atoms with Gasteiger partial charge < -0.3 is 20.2 Å². The molecule has 0 radical (unpaired) electrons. The van der Waals surface area contributed by atoms with E-state index in [1.807, 2.05) is 39.0 Å². The van der Waals surface area contributed by atoms with Crippen LogP contribution >= 0.6 is 0 Å². The standard InChI is InChI=1S/C30H30N4O4.Ni/c1-15-9-20-12-25-17(3)21(5-7-29(35)36)27(33-25)14-28-22(6-8-30(37)38)18(4)26(34-28)13-24-16(2)10-19(32-24)11-23(15)31-20;/h9-14,31-32H,5-8H2,1-4H3,(H,35,36)(H,37,38);. The number of aromatic nitrogens is 4. The third kappa shape index (κ3) is 5.74. The van der Waals surface area contributed by atoms with Crippen molar-refractivity contribution in [3.05, 3.63) is 70.3 Å². The van der Waals surface area contributed by atoms with E-state index < -0.39 is 11.9 Å². The minimum Gasteiger partial charge on any atom is -0.481 e. The second-order valence-corrected chi connectivity index (χ2v) is 9.98. The molecule has 3 aromatic rings. The number of allylic oxidation sites excluding steroid dienone is 4. The molecular weight excluding hydrogens is 539 g/mol. The van der Waals surface area contributed by atoms with Gasteiger partial charge in [-0.25, -0.2) is 9.97 Å². The van der Waals surface area contributed by atoms with Crippen molar-refractivity contribution in [2.75, 3.05) is 0 Å². The maximum Gasteiger partial charge on any atom is 0.303 e. The molecule has 204 valence electrons. The summed E-state index contributed by atoms with van der Waals surface area (Å²) in [6.45, 7) is 8.01. The van der Waals surface area contributed by atoms with Crippen LogP contribution in [0.1, 0.15) is 73.4 Å². The Bertz CT molecular complexity index is 1730. The number of H-pyrrole nitrogens is 2. The van der Waals surface area contributed by atoms with Crippen LogP contribution in [0.3, 0.4) is 0 Å². The molecule has 0 aromatic carbocycles. The van der Waals surface area contributed by atoms with E-state index in [2.05, 4.69) is 35.1 Å². The van der Waals surface area contributed by atoms with Crippen LogP contribution in [0.2, 0.25) is 0 Å². The number of carboxylic acid groups (broad SMARTS) is 2. The van der Waals surface area contributed by atoms with Gasteiger partial charge in [-0.15, -0.1) is 0 Å². The van der Waals surface area contributed by atoms with Crippen molar-refractivity contribution < 1.29 is 36.3 Å². The zero-order valence-electron chi connectivity index (χ0n) is 22.2. The van der Waals surface area contributed by atoms with Crippen LogP contribution in [0, 0.1) is 13.8 Å². The molecule has 3 aromatic heterocycles. The first kappa shape index (κ1) is 28.1. The predicted molar refractivity (Wildman–Crippen MR) is 149 cm³/mol. The molecule has 9 heteroatoms. The number of rotatable bonds is 6. The van der Waals surface area contributed by atoms with Crippen LogP contribution in [0.4, 0.5) is 0 Å². The Morgan fingerprint density at radius 1 is 0.641 bits per heavy atom. The van der Waals surface area contributed by atoms with E-state index in [-0.39, 0.29) is 29.3 Å². The van der Waals surface area contributed by atoms with E-state index in [1.165, 1.54) is 0 Å². The number of nitrogens with one attached hydrogen (secondary N) is 2. The molecule has 8 nitrogen and oxygen atoms in total. The maximum atomic E-state index is 11.4. The average Bonchev–Trinajstić information content (AvgIpc) is 3.53. The second-order valence-electron chi connectivity index (χ2n) is 9.98. The molecule has 2 aliphatic rings. The van der Waals surface area contributed by atoms with Gasteiger partial charge >= 0.3 is 11.9 Å². The van der Waals surface area contributed by atoms with Crippen LogP contribution in [0.15, 0.2) is 36.4 Å². The van der Waals surface area contributed by atoms with Gasteiger partial charge in [0.2, 0.25) is 0 Å². The van der Waals surface area contributed by atoms with Crippen molar-refractivity contribution >= 4 is 56.3 Å². The van der Waals surface area contributed by atoms with Crippen molar-refractivity contribution in [2.24, 2.45) is 0 Å². The quantitative estimate of drug-likeness (QED) is 0.250. The number of aliphatic carboxylic acids is 2. The minimum atomic E-state index is -0.873. The number of aryl methyl sites for hydroxylation is 2. The van der Waals surface area contributed by atoms with Crippen LogP contribution in [-0.2, 0) is 26.1 Å². The van der Waals surface area contributed by atoms with Crippen molar-refractivity contribution in [1.82, 2.24) is 19.9 Å². The summed E-state index contributed by atoms with van der Waals surface area (Å²) in [5, 5.41) is 18.7. The van der Waals surface area contributed by atoms with E-state index in [0.29, 0.717) is 24.2 Å². The largest absolute Gasteiger partial charge is 0.481 e. The fourth-order valence-electron chi connectivity index (χ4n) is 5.10. The Labute approximate surface area is 235 Å². The van der Waals surface area contributed by atoms with Gasteiger partial charge in [-0.1, -0.05) is 0 Å². The normalized spacial score (nSPS) is 13.0. The van der Waals surface area contributed by atoms with Crippen LogP contribution in [0.5, 0.6) is 0 Å². The Balaban J connectivity index is 0.00000353. The molecule has 8 bridgehead atoms. The number of hydrogen-bond donors (Lipinski definition) is 4. The fourth-order valence-corrected chi connectivity index (χ4v) is 5.10. The summed E-state index contributed by atoms with van der Waals surface area (Å²) < 4.78 is 0. The number of aromatic amines is 2. The van der Waals surface area contributed by atoms with Crippen molar-refractivity contribution in [3.63, 3.8) is 0 Å². The summed E-state index contributed by atoms with van der Waals surface area (Å²) in [6.07, 6.45) is 0.647.